The molecule has 0 radical (unpaired) electrons. The number of carbonyl (C=O) groups excluding carboxylic acids is 1. The summed E-state index contributed by atoms with van der Waals surface area (Å²) in [5, 5.41) is 17.9. The van der Waals surface area contributed by atoms with E-state index in [1.165, 1.54) is 0 Å². The van der Waals surface area contributed by atoms with Crippen LogP contribution in [0.15, 0.2) is 46.1 Å². The second-order valence-corrected chi connectivity index (χ2v) is 7.48. The number of halogens is 1. The summed E-state index contributed by atoms with van der Waals surface area (Å²) in [5.41, 5.74) is 1.43. The number of aromatic nitrogens is 1. The van der Waals surface area contributed by atoms with E-state index < -0.39 is 17.0 Å². The van der Waals surface area contributed by atoms with Crippen molar-refractivity contribution in [2.45, 2.75) is 17.9 Å². The Labute approximate surface area is 136 Å². The van der Waals surface area contributed by atoms with Crippen LogP contribution in [0, 0.1) is 0 Å². The van der Waals surface area contributed by atoms with Gasteiger partial charge < -0.3 is 15.4 Å². The van der Waals surface area contributed by atoms with Crippen LogP contribution in [-0.4, -0.2) is 28.6 Å². The average Bonchev–Trinajstić information content (AvgIpc) is 3.10. The lowest BCUT2D eigenvalue weighted by Gasteiger charge is -2.13. The maximum Gasteiger partial charge on any atom is 0.268 e. The second-order valence-electron chi connectivity index (χ2n) is 5.19. The lowest BCUT2D eigenvalue weighted by Crippen LogP contribution is -2.31. The number of carbonyl (C=O) groups is 1. The summed E-state index contributed by atoms with van der Waals surface area (Å²) in [6, 6.07) is 5.57. The summed E-state index contributed by atoms with van der Waals surface area (Å²) >= 11 is 6.11. The number of amides is 1. The van der Waals surface area contributed by atoms with E-state index in [9.17, 15) is 9.90 Å². The number of aliphatic hydroxyl groups is 1. The van der Waals surface area contributed by atoms with Gasteiger partial charge >= 0.3 is 0 Å². The second kappa shape index (κ2) is 6.20. The van der Waals surface area contributed by atoms with Gasteiger partial charge in [0.25, 0.3) is 5.91 Å². The van der Waals surface area contributed by atoms with Crippen LogP contribution in [0.5, 0.6) is 0 Å². The topological polar surface area (TPSA) is 65.1 Å². The molecule has 1 aliphatic rings. The van der Waals surface area contributed by atoms with E-state index in [0.29, 0.717) is 10.7 Å². The zero-order valence-electron chi connectivity index (χ0n) is 12.0. The third-order valence-electron chi connectivity index (χ3n) is 3.38. The van der Waals surface area contributed by atoms with Gasteiger partial charge in [0, 0.05) is 27.4 Å². The molecule has 4 nitrogen and oxygen atoms in total. The smallest absolute Gasteiger partial charge is 0.268 e. The quantitative estimate of drug-likeness (QED) is 0.647. The van der Waals surface area contributed by atoms with Gasteiger partial charge in [-0.2, -0.15) is 10.9 Å². The Hall–Kier alpha value is -1.69. The maximum absolute atomic E-state index is 12.5. The summed E-state index contributed by atoms with van der Waals surface area (Å²) in [6.07, 6.45) is 3.40. The summed E-state index contributed by atoms with van der Waals surface area (Å²) in [7, 11) is -0.669. The molecule has 3 rings (SSSR count). The number of nitrogens with one attached hydrogen (secondary N) is 2. The highest BCUT2D eigenvalue weighted by Crippen LogP contribution is 2.48. The van der Waals surface area contributed by atoms with E-state index in [1.54, 1.807) is 13.0 Å². The van der Waals surface area contributed by atoms with Crippen LogP contribution in [0.4, 0.5) is 0 Å². The fourth-order valence-corrected chi connectivity index (χ4v) is 4.41. The maximum atomic E-state index is 12.5. The number of thiol groups is 1. The number of aromatic amines is 1. The molecule has 116 valence electrons. The molecule has 0 aliphatic carbocycles. The molecule has 0 unspecified atom stereocenters. The number of allylic oxidation sites excluding steroid dienone is 2. The summed E-state index contributed by atoms with van der Waals surface area (Å²) in [5.74, 6) is -0.209. The van der Waals surface area contributed by atoms with E-state index in [-0.39, 0.29) is 12.5 Å². The molecule has 0 bridgehead atoms. The van der Waals surface area contributed by atoms with Gasteiger partial charge in [-0.05, 0) is 35.9 Å². The minimum absolute atomic E-state index is 0.209. The van der Waals surface area contributed by atoms with Crippen molar-refractivity contribution in [3.8, 4) is 0 Å². The molecule has 1 aromatic carbocycles. The number of benzene rings is 1. The zero-order chi connectivity index (χ0) is 15.7. The van der Waals surface area contributed by atoms with Crippen molar-refractivity contribution in [3.63, 3.8) is 0 Å². The van der Waals surface area contributed by atoms with Crippen LogP contribution in [0.1, 0.15) is 17.4 Å². The van der Waals surface area contributed by atoms with E-state index >= 15 is 0 Å². The first-order valence-electron chi connectivity index (χ1n) is 6.97. The number of fused-ring (bicyclic) bond motifs is 1. The highest BCUT2D eigenvalue weighted by Gasteiger charge is 2.21. The third kappa shape index (κ3) is 2.92. The molecular formula is C16H17ClN2O2S. The summed E-state index contributed by atoms with van der Waals surface area (Å²) in [4.78, 5) is 16.6. The van der Waals surface area contributed by atoms with Crippen LogP contribution < -0.4 is 5.32 Å². The van der Waals surface area contributed by atoms with Crippen molar-refractivity contribution in [1.29, 1.82) is 0 Å². The average molecular weight is 337 g/mol. The summed E-state index contributed by atoms with van der Waals surface area (Å²) in [6.45, 7) is 1.86. The van der Waals surface area contributed by atoms with E-state index in [0.717, 1.165) is 15.8 Å². The Kier molecular flexibility index (Phi) is 4.29. The monoisotopic (exact) mass is 336 g/mol. The molecular weight excluding hydrogens is 320 g/mol. The molecule has 1 aliphatic heterocycles. The molecule has 3 N–H and O–H groups in total. The Morgan fingerprint density at radius 2 is 2.14 bits per heavy atom. The predicted molar refractivity (Wildman–Crippen MR) is 92.9 cm³/mol. The molecule has 1 atom stereocenters. The normalized spacial score (nSPS) is 16.4. The molecule has 1 aromatic heterocycles. The molecule has 1 amide bonds. The van der Waals surface area contributed by atoms with Crippen LogP contribution in [0.25, 0.3) is 10.9 Å². The first-order valence-corrected chi connectivity index (χ1v) is 8.83. The number of hydrogen-bond acceptors (Lipinski definition) is 2. The van der Waals surface area contributed by atoms with Crippen molar-refractivity contribution in [1.82, 2.24) is 10.3 Å². The number of rotatable bonds is 4. The lowest BCUT2D eigenvalue weighted by atomic mass is 10.2. The van der Waals surface area contributed by atoms with Crippen LogP contribution in [-0.2, 0) is 0 Å². The van der Waals surface area contributed by atoms with Gasteiger partial charge in [-0.3, -0.25) is 4.79 Å². The number of H-pyrrole nitrogens is 1. The predicted octanol–water partition coefficient (Wildman–Crippen LogP) is 3.33. The van der Waals surface area contributed by atoms with Gasteiger partial charge in [-0.15, -0.1) is 0 Å². The Morgan fingerprint density at radius 3 is 2.82 bits per heavy atom. The molecule has 0 saturated heterocycles. The van der Waals surface area contributed by atoms with Gasteiger partial charge in [0.15, 0.2) is 0 Å². The Morgan fingerprint density at radius 1 is 1.41 bits per heavy atom. The van der Waals surface area contributed by atoms with Gasteiger partial charge in [0.05, 0.1) is 6.10 Å². The largest absolute Gasteiger partial charge is 0.392 e. The van der Waals surface area contributed by atoms with Crippen LogP contribution in [0.2, 0.25) is 5.02 Å². The van der Waals surface area contributed by atoms with Gasteiger partial charge in [0.1, 0.15) is 5.69 Å². The lowest BCUT2D eigenvalue weighted by molar-refractivity contribution is 0.0917. The van der Waals surface area contributed by atoms with Gasteiger partial charge in [-0.1, -0.05) is 23.8 Å². The summed E-state index contributed by atoms with van der Waals surface area (Å²) < 4.78 is 0. The molecule has 0 spiro atoms. The van der Waals surface area contributed by atoms with Crippen molar-refractivity contribution in [2.75, 3.05) is 6.54 Å². The Balaban J connectivity index is 2.08. The molecule has 6 heteroatoms. The molecule has 2 heterocycles. The molecule has 22 heavy (non-hydrogen) atoms. The van der Waals surface area contributed by atoms with Gasteiger partial charge in [-0.25, -0.2) is 0 Å². The minimum atomic E-state index is -0.669. The Bertz CT molecular complexity index is 768. The van der Waals surface area contributed by atoms with Crippen LogP contribution >= 0.6 is 22.5 Å². The standard InChI is InChI=1S/C16H17ClN2O2S/c1-10(20)9-18-16(21)14-15(22-6-2-3-7-22)12-8-11(17)4-5-13(12)19-14/h2-8,10,19-20,22H,9H2,1H3,(H,18,21)/t10-/m1/s1. The highest BCUT2D eigenvalue weighted by molar-refractivity contribution is 8.22. The minimum Gasteiger partial charge on any atom is -0.392 e. The van der Waals surface area contributed by atoms with Crippen molar-refractivity contribution in [2.24, 2.45) is 0 Å². The highest BCUT2D eigenvalue weighted by atomic mass is 35.5. The van der Waals surface area contributed by atoms with Crippen molar-refractivity contribution in [3.05, 3.63) is 51.9 Å². The van der Waals surface area contributed by atoms with E-state index in [1.807, 2.05) is 24.3 Å². The number of aliphatic hydroxyl groups excluding tert-OH is 1. The number of hydrogen-bond donors (Lipinski definition) is 4. The molecule has 2 aromatic rings. The van der Waals surface area contributed by atoms with Crippen molar-refractivity contribution < 1.29 is 9.90 Å². The fourth-order valence-electron chi connectivity index (χ4n) is 2.39. The van der Waals surface area contributed by atoms with E-state index in [4.69, 9.17) is 11.6 Å². The van der Waals surface area contributed by atoms with Crippen molar-refractivity contribution >= 4 is 39.3 Å². The first kappa shape index (κ1) is 15.2. The zero-order valence-corrected chi connectivity index (χ0v) is 13.7. The molecule has 0 fully saturated rings. The third-order valence-corrected chi connectivity index (χ3v) is 5.58. The van der Waals surface area contributed by atoms with E-state index in [2.05, 4.69) is 21.1 Å². The van der Waals surface area contributed by atoms with Crippen LogP contribution in [0.3, 0.4) is 0 Å². The fraction of sp³-hybridized carbons (Fsp3) is 0.188. The first-order chi connectivity index (χ1) is 10.6. The van der Waals surface area contributed by atoms with Gasteiger partial charge in [0.2, 0.25) is 0 Å². The molecule has 0 saturated carbocycles. The SMILES string of the molecule is C[C@@H](O)CNC(=O)c1[nH]c2ccc(Cl)cc2c1[SH]1C=CC=C1.